The quantitative estimate of drug-likeness (QED) is 0.256. The molecule has 1 fully saturated rings. The number of carbonyl (C=O) groups excluding carboxylic acids is 2. The van der Waals surface area contributed by atoms with Crippen LogP contribution >= 0.6 is 24.0 Å². The normalized spacial score (nSPS) is 14.5. The predicted molar refractivity (Wildman–Crippen MR) is 121 cm³/mol. The summed E-state index contributed by atoms with van der Waals surface area (Å²) in [5, 5.41) is 3.23. The van der Waals surface area contributed by atoms with Gasteiger partial charge in [0.05, 0.1) is 13.1 Å². The zero-order valence-corrected chi connectivity index (χ0v) is 19.3. The molecule has 1 aromatic rings. The third-order valence-electron chi connectivity index (χ3n) is 4.38. The van der Waals surface area contributed by atoms with Crippen LogP contribution < -0.4 is 10.1 Å². The van der Waals surface area contributed by atoms with E-state index in [4.69, 9.17) is 4.74 Å². The van der Waals surface area contributed by atoms with E-state index in [1.807, 2.05) is 50.1 Å². The van der Waals surface area contributed by atoms with Crippen LogP contribution in [0.3, 0.4) is 0 Å². The van der Waals surface area contributed by atoms with Crippen LogP contribution in [0.1, 0.15) is 31.7 Å². The van der Waals surface area contributed by atoms with Gasteiger partial charge in [0, 0.05) is 33.0 Å². The Labute approximate surface area is 184 Å². The highest BCUT2D eigenvalue weighted by Crippen LogP contribution is 2.12. The summed E-state index contributed by atoms with van der Waals surface area (Å²) >= 11 is 0. The molecule has 1 saturated heterocycles. The molecule has 28 heavy (non-hydrogen) atoms. The fourth-order valence-corrected chi connectivity index (χ4v) is 2.82. The second-order valence-electron chi connectivity index (χ2n) is 6.61. The minimum atomic E-state index is -0.0914. The molecule has 1 aliphatic rings. The van der Waals surface area contributed by atoms with Crippen molar-refractivity contribution >= 4 is 41.8 Å². The lowest BCUT2D eigenvalue weighted by molar-refractivity contribution is -0.147. The third kappa shape index (κ3) is 7.65. The fraction of sp³-hybridized carbons (Fsp3) is 0.550. The van der Waals surface area contributed by atoms with Gasteiger partial charge in [-0.25, -0.2) is 0 Å². The van der Waals surface area contributed by atoms with E-state index >= 15 is 0 Å². The zero-order chi connectivity index (χ0) is 19.6. The Balaban J connectivity index is 0.00000392. The molecule has 0 aromatic heterocycles. The molecule has 1 aromatic carbocycles. The first-order chi connectivity index (χ1) is 13.0. The van der Waals surface area contributed by atoms with Gasteiger partial charge in [-0.15, -0.1) is 24.0 Å². The fourth-order valence-electron chi connectivity index (χ4n) is 2.82. The molecular formula is C20H31IN4O3. The number of aliphatic imine (C=N–C) groups is 1. The van der Waals surface area contributed by atoms with Gasteiger partial charge in [0.1, 0.15) is 12.4 Å². The largest absolute Gasteiger partial charge is 0.492 e. The van der Waals surface area contributed by atoms with Crippen LogP contribution in [-0.2, 0) is 9.59 Å². The predicted octanol–water partition coefficient (Wildman–Crippen LogP) is 2.43. The first-order valence-corrected chi connectivity index (χ1v) is 9.53. The van der Waals surface area contributed by atoms with E-state index in [9.17, 15) is 9.59 Å². The number of aryl methyl sites for hydroxylation is 1. The second kappa shape index (κ2) is 12.6. The number of imide groups is 1. The van der Waals surface area contributed by atoms with Gasteiger partial charge < -0.3 is 15.0 Å². The molecule has 2 rings (SSSR count). The minimum Gasteiger partial charge on any atom is -0.492 e. The molecule has 2 amide bonds. The molecule has 0 saturated carbocycles. The minimum absolute atomic E-state index is 0. The molecule has 1 aliphatic heterocycles. The Morgan fingerprint density at radius 3 is 2.46 bits per heavy atom. The summed E-state index contributed by atoms with van der Waals surface area (Å²) in [5.74, 6) is 1.40. The van der Waals surface area contributed by atoms with E-state index in [-0.39, 0.29) is 35.8 Å². The molecule has 0 aliphatic carbocycles. The standard InChI is InChI=1S/C20H30N4O3.HI/c1-4-21-20(22-12-13-24-18(25)6-5-7-19(24)26)23(3)14-15-27-17-10-8-16(2)9-11-17;/h8-11H,4-7,12-15H2,1-3H3,(H,21,22);1H. The van der Waals surface area contributed by atoms with Crippen molar-refractivity contribution in [2.45, 2.75) is 33.1 Å². The molecule has 1 heterocycles. The molecule has 0 bridgehead atoms. The van der Waals surface area contributed by atoms with Crippen molar-refractivity contribution < 1.29 is 14.3 Å². The molecule has 0 unspecified atom stereocenters. The van der Waals surface area contributed by atoms with Crippen molar-refractivity contribution in [1.82, 2.24) is 15.1 Å². The molecule has 7 nitrogen and oxygen atoms in total. The third-order valence-corrected chi connectivity index (χ3v) is 4.38. The van der Waals surface area contributed by atoms with Crippen LogP contribution in [0.15, 0.2) is 29.3 Å². The zero-order valence-electron chi connectivity index (χ0n) is 16.9. The van der Waals surface area contributed by atoms with Crippen LogP contribution in [0.25, 0.3) is 0 Å². The van der Waals surface area contributed by atoms with Gasteiger partial charge >= 0.3 is 0 Å². The van der Waals surface area contributed by atoms with Gasteiger partial charge in [0.25, 0.3) is 0 Å². The first kappa shape index (κ1) is 24.2. The van der Waals surface area contributed by atoms with E-state index in [0.717, 1.165) is 18.3 Å². The van der Waals surface area contributed by atoms with Crippen molar-refractivity contribution in [3.63, 3.8) is 0 Å². The van der Waals surface area contributed by atoms with E-state index in [2.05, 4.69) is 10.3 Å². The number of rotatable bonds is 8. The monoisotopic (exact) mass is 502 g/mol. The Bertz CT molecular complexity index is 648. The van der Waals surface area contributed by atoms with Gasteiger partial charge in [0.15, 0.2) is 5.96 Å². The van der Waals surface area contributed by atoms with Crippen LogP contribution in [-0.4, -0.2) is 67.4 Å². The molecule has 0 radical (unpaired) electrons. The highest BCUT2D eigenvalue weighted by molar-refractivity contribution is 14.0. The summed E-state index contributed by atoms with van der Waals surface area (Å²) < 4.78 is 5.77. The average molecular weight is 502 g/mol. The van der Waals surface area contributed by atoms with Gasteiger partial charge in [0.2, 0.25) is 11.8 Å². The number of hydrogen-bond acceptors (Lipinski definition) is 4. The summed E-state index contributed by atoms with van der Waals surface area (Å²) in [7, 11) is 1.94. The van der Waals surface area contributed by atoms with E-state index in [1.165, 1.54) is 10.5 Å². The van der Waals surface area contributed by atoms with Crippen LogP contribution in [0.2, 0.25) is 0 Å². The molecule has 0 atom stereocenters. The molecule has 156 valence electrons. The summed E-state index contributed by atoms with van der Waals surface area (Å²) in [4.78, 5) is 31.6. The molecular weight excluding hydrogens is 471 g/mol. The summed E-state index contributed by atoms with van der Waals surface area (Å²) in [6.07, 6.45) is 1.56. The SMILES string of the molecule is CCNC(=NCCN1C(=O)CCCC1=O)N(C)CCOc1ccc(C)cc1.I. The lowest BCUT2D eigenvalue weighted by atomic mass is 10.1. The number of hydrogen-bond donors (Lipinski definition) is 1. The highest BCUT2D eigenvalue weighted by atomic mass is 127. The topological polar surface area (TPSA) is 74.2 Å². The van der Waals surface area contributed by atoms with Gasteiger partial charge in [-0.05, 0) is 32.4 Å². The molecule has 8 heteroatoms. The number of nitrogens with zero attached hydrogens (tertiary/aromatic N) is 3. The van der Waals surface area contributed by atoms with Gasteiger partial charge in [-0.2, -0.15) is 0 Å². The maximum Gasteiger partial charge on any atom is 0.229 e. The Morgan fingerprint density at radius 1 is 1.21 bits per heavy atom. The smallest absolute Gasteiger partial charge is 0.229 e. The number of likely N-dealkylation sites (tertiary alicyclic amines) is 1. The highest BCUT2D eigenvalue weighted by Gasteiger charge is 2.25. The Kier molecular flexibility index (Phi) is 10.9. The number of likely N-dealkylation sites (N-methyl/N-ethyl adjacent to an activating group) is 1. The van der Waals surface area contributed by atoms with Crippen molar-refractivity contribution in [1.29, 1.82) is 0 Å². The van der Waals surface area contributed by atoms with Crippen molar-refractivity contribution in [3.8, 4) is 5.75 Å². The molecule has 1 N–H and O–H groups in total. The maximum absolute atomic E-state index is 11.9. The lowest BCUT2D eigenvalue weighted by Gasteiger charge is -2.25. The molecule has 0 spiro atoms. The van der Waals surface area contributed by atoms with Gasteiger partial charge in [-0.1, -0.05) is 17.7 Å². The number of guanidine groups is 1. The first-order valence-electron chi connectivity index (χ1n) is 9.53. The van der Waals surface area contributed by atoms with Gasteiger partial charge in [-0.3, -0.25) is 19.5 Å². The maximum atomic E-state index is 11.9. The van der Waals surface area contributed by atoms with E-state index in [0.29, 0.717) is 45.5 Å². The lowest BCUT2D eigenvalue weighted by Crippen LogP contribution is -2.43. The van der Waals surface area contributed by atoms with Crippen LogP contribution in [0, 0.1) is 6.92 Å². The average Bonchev–Trinajstić information content (AvgIpc) is 2.64. The summed E-state index contributed by atoms with van der Waals surface area (Å²) in [6, 6.07) is 7.96. The number of carbonyl (C=O) groups is 2. The van der Waals surface area contributed by atoms with E-state index in [1.54, 1.807) is 0 Å². The Morgan fingerprint density at radius 2 is 1.86 bits per heavy atom. The number of piperidine rings is 1. The summed E-state index contributed by atoms with van der Waals surface area (Å²) in [5.41, 5.74) is 1.20. The van der Waals surface area contributed by atoms with E-state index < -0.39 is 0 Å². The number of benzene rings is 1. The number of amides is 2. The van der Waals surface area contributed by atoms with Crippen molar-refractivity contribution in [3.05, 3.63) is 29.8 Å². The van der Waals surface area contributed by atoms with Crippen molar-refractivity contribution in [2.24, 2.45) is 4.99 Å². The number of halogens is 1. The number of nitrogens with one attached hydrogen (secondary N) is 1. The second-order valence-corrected chi connectivity index (χ2v) is 6.61. The Hall–Kier alpha value is -1.84. The van der Waals surface area contributed by atoms with Crippen LogP contribution in [0.4, 0.5) is 0 Å². The van der Waals surface area contributed by atoms with Crippen LogP contribution in [0.5, 0.6) is 5.75 Å². The number of ether oxygens (including phenoxy) is 1. The summed E-state index contributed by atoms with van der Waals surface area (Å²) in [6.45, 7) is 6.72. The van der Waals surface area contributed by atoms with Crippen molar-refractivity contribution in [2.75, 3.05) is 39.8 Å².